The Kier molecular flexibility index (Phi) is 11.2. The van der Waals surface area contributed by atoms with Gasteiger partial charge in [0.15, 0.2) is 0 Å². The highest BCUT2D eigenvalue weighted by molar-refractivity contribution is 5.90. The largest absolute Gasteiger partial charge is 0.445 e. The number of ether oxygens (including phenoxy) is 1. The van der Waals surface area contributed by atoms with E-state index in [1.807, 2.05) is 58.0 Å². The van der Waals surface area contributed by atoms with Crippen LogP contribution in [0.4, 0.5) is 4.79 Å². The molecule has 1 aromatic rings. The molecule has 3 amide bonds. The van der Waals surface area contributed by atoms with Crippen LogP contribution in [0, 0.1) is 11.8 Å². The van der Waals surface area contributed by atoms with Crippen molar-refractivity contribution >= 4 is 24.2 Å². The zero-order chi connectivity index (χ0) is 22.5. The minimum Gasteiger partial charge on any atom is -0.445 e. The minimum absolute atomic E-state index is 0.0913. The lowest BCUT2D eigenvalue weighted by atomic mass is 10.0. The van der Waals surface area contributed by atoms with E-state index >= 15 is 0 Å². The zero-order valence-corrected chi connectivity index (χ0v) is 18.1. The molecule has 1 rings (SSSR count). The molecule has 0 saturated heterocycles. The molecule has 30 heavy (non-hydrogen) atoms. The van der Waals surface area contributed by atoms with Crippen molar-refractivity contribution in [2.45, 2.75) is 59.2 Å². The molecule has 166 valence electrons. The lowest BCUT2D eigenvalue weighted by molar-refractivity contribution is -0.128. The Labute approximate surface area is 178 Å². The molecule has 0 radical (unpaired) electrons. The van der Waals surface area contributed by atoms with Crippen LogP contribution in [0.3, 0.4) is 0 Å². The van der Waals surface area contributed by atoms with Crippen molar-refractivity contribution in [2.75, 3.05) is 6.54 Å². The number of rotatable bonds is 12. The molecule has 1 aromatic carbocycles. The first-order valence-corrected chi connectivity index (χ1v) is 10.2. The number of carbonyl (C=O) groups is 4. The van der Waals surface area contributed by atoms with Gasteiger partial charge in [0, 0.05) is 0 Å². The third kappa shape index (κ3) is 10.6. The molecular weight excluding hydrogens is 386 g/mol. The van der Waals surface area contributed by atoms with Crippen LogP contribution in [0.15, 0.2) is 30.3 Å². The van der Waals surface area contributed by atoms with Gasteiger partial charge in [-0.3, -0.25) is 9.59 Å². The van der Waals surface area contributed by atoms with Gasteiger partial charge >= 0.3 is 6.09 Å². The second-order valence-electron chi connectivity index (χ2n) is 8.05. The van der Waals surface area contributed by atoms with Gasteiger partial charge in [0.1, 0.15) is 18.9 Å². The van der Waals surface area contributed by atoms with Gasteiger partial charge in [-0.25, -0.2) is 4.79 Å². The lowest BCUT2D eigenvalue weighted by Gasteiger charge is -2.20. The molecule has 3 N–H and O–H groups in total. The van der Waals surface area contributed by atoms with E-state index in [0.717, 1.165) is 5.56 Å². The summed E-state index contributed by atoms with van der Waals surface area (Å²) in [6, 6.07) is 7.78. The molecule has 8 nitrogen and oxygen atoms in total. The van der Waals surface area contributed by atoms with Crippen molar-refractivity contribution in [1.82, 2.24) is 16.0 Å². The summed E-state index contributed by atoms with van der Waals surface area (Å²) in [5.74, 6) is -0.566. The summed E-state index contributed by atoms with van der Waals surface area (Å²) in [5.41, 5.74) is 0.834. The summed E-state index contributed by atoms with van der Waals surface area (Å²) in [4.78, 5) is 47.7. The zero-order valence-electron chi connectivity index (χ0n) is 18.1. The maximum atomic E-state index is 12.5. The van der Waals surface area contributed by atoms with Gasteiger partial charge < -0.3 is 25.5 Å². The molecule has 2 atom stereocenters. The standard InChI is InChI=1S/C22H33N3O5/c1-15(2)10-18(13-26)24-20(27)12-23-21(28)19(11-16(3)4)25-22(29)30-14-17-8-6-5-7-9-17/h5-9,13,15-16,18-19H,10-12,14H2,1-4H3,(H,23,28)(H,24,27)(H,25,29)/t18-,19-/m0/s1. The van der Waals surface area contributed by atoms with Crippen molar-refractivity contribution in [3.8, 4) is 0 Å². The van der Waals surface area contributed by atoms with Crippen LogP contribution in [-0.2, 0) is 25.7 Å². The molecule has 0 saturated carbocycles. The topological polar surface area (TPSA) is 114 Å². The van der Waals surface area contributed by atoms with Gasteiger partial charge in [-0.05, 0) is 30.2 Å². The first-order chi connectivity index (χ1) is 14.2. The maximum absolute atomic E-state index is 12.5. The molecule has 0 heterocycles. The molecule has 0 spiro atoms. The molecule has 0 bridgehead atoms. The van der Waals surface area contributed by atoms with Crippen molar-refractivity contribution < 1.29 is 23.9 Å². The van der Waals surface area contributed by atoms with Crippen molar-refractivity contribution in [1.29, 1.82) is 0 Å². The molecular formula is C22H33N3O5. The van der Waals surface area contributed by atoms with Crippen LogP contribution in [0.2, 0.25) is 0 Å². The van der Waals surface area contributed by atoms with Gasteiger partial charge in [0.2, 0.25) is 11.8 Å². The van der Waals surface area contributed by atoms with Gasteiger partial charge in [-0.15, -0.1) is 0 Å². The Balaban J connectivity index is 2.53. The quantitative estimate of drug-likeness (QED) is 0.449. The van der Waals surface area contributed by atoms with Crippen LogP contribution in [-0.4, -0.2) is 42.8 Å². The van der Waals surface area contributed by atoms with E-state index in [-0.39, 0.29) is 25.0 Å². The predicted octanol–water partition coefficient (Wildman–Crippen LogP) is 2.17. The lowest BCUT2D eigenvalue weighted by Crippen LogP contribution is -2.50. The van der Waals surface area contributed by atoms with Crippen molar-refractivity contribution in [3.05, 3.63) is 35.9 Å². The third-order valence-corrected chi connectivity index (χ3v) is 4.19. The number of aldehydes is 1. The van der Waals surface area contributed by atoms with Gasteiger partial charge in [0.25, 0.3) is 0 Å². The summed E-state index contributed by atoms with van der Waals surface area (Å²) in [6.45, 7) is 7.55. The number of hydrogen-bond acceptors (Lipinski definition) is 5. The fourth-order valence-electron chi connectivity index (χ4n) is 2.81. The highest BCUT2D eigenvalue weighted by atomic mass is 16.5. The average Bonchev–Trinajstić information content (AvgIpc) is 2.69. The SMILES string of the molecule is CC(C)C[C@@H](C=O)NC(=O)CNC(=O)[C@H](CC(C)C)NC(=O)OCc1ccccc1. The highest BCUT2D eigenvalue weighted by Crippen LogP contribution is 2.07. The van der Waals surface area contributed by atoms with E-state index in [0.29, 0.717) is 19.1 Å². The van der Waals surface area contributed by atoms with E-state index < -0.39 is 30.0 Å². The smallest absolute Gasteiger partial charge is 0.408 e. The Morgan fingerprint density at radius 1 is 0.967 bits per heavy atom. The fraction of sp³-hybridized carbons (Fsp3) is 0.545. The molecule has 0 aliphatic heterocycles. The van der Waals surface area contributed by atoms with Gasteiger partial charge in [-0.2, -0.15) is 0 Å². The van der Waals surface area contributed by atoms with Gasteiger partial charge in [-0.1, -0.05) is 58.0 Å². The second kappa shape index (κ2) is 13.3. The van der Waals surface area contributed by atoms with Crippen LogP contribution >= 0.6 is 0 Å². The summed E-state index contributed by atoms with van der Waals surface area (Å²) in [5, 5.41) is 7.65. The van der Waals surface area contributed by atoms with Crippen LogP contribution in [0.1, 0.15) is 46.1 Å². The Morgan fingerprint density at radius 3 is 2.17 bits per heavy atom. The Morgan fingerprint density at radius 2 is 1.60 bits per heavy atom. The van der Waals surface area contributed by atoms with E-state index in [9.17, 15) is 19.2 Å². The molecule has 0 aromatic heterocycles. The number of carbonyl (C=O) groups excluding carboxylic acids is 4. The van der Waals surface area contributed by atoms with Crippen LogP contribution < -0.4 is 16.0 Å². The Hall–Kier alpha value is -2.90. The number of benzene rings is 1. The molecule has 0 unspecified atom stereocenters. The molecule has 0 fully saturated rings. The fourth-order valence-corrected chi connectivity index (χ4v) is 2.81. The number of alkyl carbamates (subject to hydrolysis) is 1. The minimum atomic E-state index is -0.835. The van der Waals surface area contributed by atoms with E-state index in [1.165, 1.54) is 0 Å². The van der Waals surface area contributed by atoms with Crippen molar-refractivity contribution in [2.24, 2.45) is 11.8 Å². The molecule has 8 heteroatoms. The summed E-state index contributed by atoms with van der Waals surface area (Å²) in [7, 11) is 0. The Bertz CT molecular complexity index is 691. The van der Waals surface area contributed by atoms with Gasteiger partial charge in [0.05, 0.1) is 12.6 Å². The number of hydrogen-bond donors (Lipinski definition) is 3. The van der Waals surface area contributed by atoms with Crippen molar-refractivity contribution in [3.63, 3.8) is 0 Å². The van der Waals surface area contributed by atoms with E-state index in [1.54, 1.807) is 0 Å². The second-order valence-corrected chi connectivity index (χ2v) is 8.05. The van der Waals surface area contributed by atoms with E-state index in [2.05, 4.69) is 16.0 Å². The van der Waals surface area contributed by atoms with Crippen LogP contribution in [0.5, 0.6) is 0 Å². The summed E-state index contributed by atoms with van der Waals surface area (Å²) in [6.07, 6.45) is 0.889. The maximum Gasteiger partial charge on any atom is 0.408 e. The summed E-state index contributed by atoms with van der Waals surface area (Å²) >= 11 is 0. The van der Waals surface area contributed by atoms with Crippen LogP contribution in [0.25, 0.3) is 0 Å². The monoisotopic (exact) mass is 419 g/mol. The normalized spacial score (nSPS) is 12.7. The molecule has 0 aliphatic carbocycles. The first kappa shape index (κ1) is 25.1. The number of amides is 3. The first-order valence-electron chi connectivity index (χ1n) is 10.2. The van der Waals surface area contributed by atoms with E-state index in [4.69, 9.17) is 4.74 Å². The summed E-state index contributed by atoms with van der Waals surface area (Å²) < 4.78 is 5.17. The third-order valence-electron chi connectivity index (χ3n) is 4.19. The molecule has 0 aliphatic rings. The number of nitrogens with one attached hydrogen (secondary N) is 3. The highest BCUT2D eigenvalue weighted by Gasteiger charge is 2.23. The predicted molar refractivity (Wildman–Crippen MR) is 113 cm³/mol. The average molecular weight is 420 g/mol.